The minimum absolute atomic E-state index is 0.323. The summed E-state index contributed by atoms with van der Waals surface area (Å²) in [5.74, 6) is 0. The number of rotatable bonds is 4. The Morgan fingerprint density at radius 1 is 1.25 bits per heavy atom. The highest BCUT2D eigenvalue weighted by Gasteiger charge is 2.09. The molecule has 0 saturated heterocycles. The second kappa shape index (κ2) is 4.90. The standard InChI is InChI=1S/C12H16N4/c1-3-13-10(2)11-6-4-5-7-12(11)16-8-14-15-9-16/h4-10,13H,3H2,1-2H3. The summed E-state index contributed by atoms with van der Waals surface area (Å²) in [4.78, 5) is 0. The van der Waals surface area contributed by atoms with Crippen molar-refractivity contribution in [3.63, 3.8) is 0 Å². The van der Waals surface area contributed by atoms with Gasteiger partial charge in [0, 0.05) is 6.04 Å². The summed E-state index contributed by atoms with van der Waals surface area (Å²) in [6, 6.07) is 8.60. The van der Waals surface area contributed by atoms with Crippen molar-refractivity contribution in [1.29, 1.82) is 0 Å². The first-order valence-electron chi connectivity index (χ1n) is 5.50. The number of aromatic nitrogens is 3. The zero-order valence-electron chi connectivity index (χ0n) is 9.59. The van der Waals surface area contributed by atoms with Crippen LogP contribution in [0.5, 0.6) is 0 Å². The molecule has 2 aromatic rings. The molecule has 84 valence electrons. The van der Waals surface area contributed by atoms with Gasteiger partial charge in [-0.15, -0.1) is 10.2 Å². The maximum atomic E-state index is 3.84. The van der Waals surface area contributed by atoms with Gasteiger partial charge in [-0.2, -0.15) is 0 Å². The maximum absolute atomic E-state index is 3.84. The Kier molecular flexibility index (Phi) is 3.31. The average Bonchev–Trinajstić information content (AvgIpc) is 2.83. The van der Waals surface area contributed by atoms with Gasteiger partial charge in [-0.05, 0) is 25.1 Å². The van der Waals surface area contributed by atoms with Crippen molar-refractivity contribution in [3.8, 4) is 5.69 Å². The number of nitrogens with zero attached hydrogens (tertiary/aromatic N) is 3. The molecule has 0 bridgehead atoms. The van der Waals surface area contributed by atoms with Gasteiger partial charge in [0.2, 0.25) is 0 Å². The zero-order chi connectivity index (χ0) is 11.4. The van der Waals surface area contributed by atoms with Crippen LogP contribution in [0.15, 0.2) is 36.9 Å². The van der Waals surface area contributed by atoms with Crippen LogP contribution in [0.2, 0.25) is 0 Å². The van der Waals surface area contributed by atoms with Crippen LogP contribution >= 0.6 is 0 Å². The first-order chi connectivity index (χ1) is 7.83. The Morgan fingerprint density at radius 2 is 1.94 bits per heavy atom. The number of para-hydroxylation sites is 1. The summed E-state index contributed by atoms with van der Waals surface area (Å²) in [5.41, 5.74) is 2.38. The molecule has 0 spiro atoms. The molecule has 2 rings (SSSR count). The van der Waals surface area contributed by atoms with Crippen molar-refractivity contribution in [2.45, 2.75) is 19.9 Å². The number of hydrogen-bond acceptors (Lipinski definition) is 3. The minimum atomic E-state index is 0.323. The molecule has 4 heteroatoms. The van der Waals surface area contributed by atoms with E-state index in [1.54, 1.807) is 12.7 Å². The lowest BCUT2D eigenvalue weighted by Crippen LogP contribution is -2.19. The fraction of sp³-hybridized carbons (Fsp3) is 0.333. The summed E-state index contributed by atoms with van der Waals surface area (Å²) in [7, 11) is 0. The Bertz CT molecular complexity index is 436. The van der Waals surface area contributed by atoms with Gasteiger partial charge in [-0.1, -0.05) is 25.1 Å². The van der Waals surface area contributed by atoms with Crippen LogP contribution in [-0.4, -0.2) is 21.3 Å². The molecular formula is C12H16N4. The molecule has 0 aliphatic heterocycles. The van der Waals surface area contributed by atoms with Gasteiger partial charge < -0.3 is 5.32 Å². The summed E-state index contributed by atoms with van der Waals surface area (Å²) in [6.45, 7) is 5.22. The van der Waals surface area contributed by atoms with Crippen LogP contribution in [0.25, 0.3) is 5.69 Å². The van der Waals surface area contributed by atoms with Crippen LogP contribution in [0.3, 0.4) is 0 Å². The number of benzene rings is 1. The topological polar surface area (TPSA) is 42.7 Å². The maximum Gasteiger partial charge on any atom is 0.123 e. The van der Waals surface area contributed by atoms with Gasteiger partial charge in [0.05, 0.1) is 5.69 Å². The lowest BCUT2D eigenvalue weighted by Gasteiger charge is -2.17. The first kappa shape index (κ1) is 10.8. The molecule has 0 fully saturated rings. The molecule has 0 saturated carbocycles. The summed E-state index contributed by atoms with van der Waals surface area (Å²) in [5, 5.41) is 11.1. The Labute approximate surface area is 95.3 Å². The molecule has 1 N–H and O–H groups in total. The van der Waals surface area contributed by atoms with E-state index in [2.05, 4.69) is 47.6 Å². The van der Waals surface area contributed by atoms with Crippen molar-refractivity contribution in [1.82, 2.24) is 20.1 Å². The molecule has 0 radical (unpaired) electrons. The molecule has 1 atom stereocenters. The Balaban J connectivity index is 2.38. The van der Waals surface area contributed by atoms with Gasteiger partial charge in [-0.25, -0.2) is 0 Å². The molecule has 0 aliphatic rings. The normalized spacial score (nSPS) is 12.6. The molecule has 1 heterocycles. The van der Waals surface area contributed by atoms with Gasteiger partial charge >= 0.3 is 0 Å². The van der Waals surface area contributed by atoms with Crippen LogP contribution in [0.4, 0.5) is 0 Å². The third-order valence-electron chi connectivity index (χ3n) is 2.61. The summed E-state index contributed by atoms with van der Waals surface area (Å²) >= 11 is 0. The van der Waals surface area contributed by atoms with Crippen LogP contribution < -0.4 is 5.32 Å². The molecule has 4 nitrogen and oxygen atoms in total. The van der Waals surface area contributed by atoms with Crippen molar-refractivity contribution in [3.05, 3.63) is 42.5 Å². The van der Waals surface area contributed by atoms with Gasteiger partial charge in [0.25, 0.3) is 0 Å². The quantitative estimate of drug-likeness (QED) is 0.849. The average molecular weight is 216 g/mol. The Morgan fingerprint density at radius 3 is 2.62 bits per heavy atom. The number of nitrogens with one attached hydrogen (secondary N) is 1. The minimum Gasteiger partial charge on any atom is -0.310 e. The zero-order valence-corrected chi connectivity index (χ0v) is 9.59. The molecular weight excluding hydrogens is 200 g/mol. The second-order valence-electron chi connectivity index (χ2n) is 3.71. The molecule has 1 unspecified atom stereocenters. The summed E-state index contributed by atoms with van der Waals surface area (Å²) in [6.07, 6.45) is 3.44. The van der Waals surface area contributed by atoms with Gasteiger partial charge in [0.15, 0.2) is 0 Å². The fourth-order valence-corrected chi connectivity index (χ4v) is 1.83. The van der Waals surface area contributed by atoms with E-state index in [4.69, 9.17) is 0 Å². The van der Waals surface area contributed by atoms with Crippen LogP contribution in [-0.2, 0) is 0 Å². The highest BCUT2D eigenvalue weighted by atomic mass is 15.2. The highest BCUT2D eigenvalue weighted by molar-refractivity contribution is 5.42. The fourth-order valence-electron chi connectivity index (χ4n) is 1.83. The third kappa shape index (κ3) is 2.12. The third-order valence-corrected chi connectivity index (χ3v) is 2.61. The summed E-state index contributed by atoms with van der Waals surface area (Å²) < 4.78 is 1.93. The van der Waals surface area contributed by atoms with E-state index in [1.807, 2.05) is 10.6 Å². The predicted octanol–water partition coefficient (Wildman–Crippen LogP) is 1.94. The van der Waals surface area contributed by atoms with Crippen molar-refractivity contribution in [2.75, 3.05) is 6.54 Å². The highest BCUT2D eigenvalue weighted by Crippen LogP contribution is 2.20. The predicted molar refractivity (Wildman–Crippen MR) is 63.5 cm³/mol. The van der Waals surface area contributed by atoms with E-state index >= 15 is 0 Å². The monoisotopic (exact) mass is 216 g/mol. The van der Waals surface area contributed by atoms with E-state index in [0.717, 1.165) is 12.2 Å². The van der Waals surface area contributed by atoms with E-state index in [0.29, 0.717) is 6.04 Å². The van der Waals surface area contributed by atoms with Crippen molar-refractivity contribution < 1.29 is 0 Å². The van der Waals surface area contributed by atoms with Gasteiger partial charge in [0.1, 0.15) is 12.7 Å². The van der Waals surface area contributed by atoms with Gasteiger partial charge in [-0.3, -0.25) is 4.57 Å². The second-order valence-corrected chi connectivity index (χ2v) is 3.71. The van der Waals surface area contributed by atoms with Crippen molar-refractivity contribution in [2.24, 2.45) is 0 Å². The number of hydrogen-bond donors (Lipinski definition) is 1. The first-order valence-corrected chi connectivity index (χ1v) is 5.50. The Hall–Kier alpha value is -1.68. The molecule has 0 amide bonds. The molecule has 0 aliphatic carbocycles. The lowest BCUT2D eigenvalue weighted by atomic mass is 10.1. The van der Waals surface area contributed by atoms with Crippen LogP contribution in [0.1, 0.15) is 25.5 Å². The lowest BCUT2D eigenvalue weighted by molar-refractivity contribution is 0.595. The molecule has 1 aromatic heterocycles. The van der Waals surface area contributed by atoms with E-state index < -0.39 is 0 Å². The smallest absolute Gasteiger partial charge is 0.123 e. The largest absolute Gasteiger partial charge is 0.310 e. The molecule has 1 aromatic carbocycles. The van der Waals surface area contributed by atoms with E-state index in [-0.39, 0.29) is 0 Å². The van der Waals surface area contributed by atoms with Crippen molar-refractivity contribution >= 4 is 0 Å². The van der Waals surface area contributed by atoms with E-state index in [9.17, 15) is 0 Å². The van der Waals surface area contributed by atoms with Crippen LogP contribution in [0, 0.1) is 0 Å². The van der Waals surface area contributed by atoms with E-state index in [1.165, 1.54) is 5.56 Å². The molecule has 16 heavy (non-hydrogen) atoms. The SMILES string of the molecule is CCNC(C)c1ccccc1-n1cnnc1.